The van der Waals surface area contributed by atoms with Crippen LogP contribution in [-0.2, 0) is 6.54 Å². The lowest BCUT2D eigenvalue weighted by molar-refractivity contribution is 0.0950. The van der Waals surface area contributed by atoms with Gasteiger partial charge in [-0.2, -0.15) is 0 Å². The number of hydrogen-bond donors (Lipinski definition) is 2. The SMILES string of the molecule is Cc1ccc(CNC(=O)c2ccc(N3CCN[C@H](c4ccccc4)C3)nc2)cc1. The number of anilines is 1. The Labute approximate surface area is 171 Å². The van der Waals surface area contributed by atoms with Gasteiger partial charge >= 0.3 is 0 Å². The van der Waals surface area contributed by atoms with Gasteiger partial charge in [-0.1, -0.05) is 60.2 Å². The molecule has 1 fully saturated rings. The number of benzene rings is 2. The van der Waals surface area contributed by atoms with Crippen LogP contribution in [0.25, 0.3) is 0 Å². The average molecular weight is 386 g/mol. The Kier molecular flexibility index (Phi) is 5.86. The van der Waals surface area contributed by atoms with Crippen molar-refractivity contribution in [1.29, 1.82) is 0 Å². The minimum Gasteiger partial charge on any atom is -0.353 e. The van der Waals surface area contributed by atoms with Crippen molar-refractivity contribution < 1.29 is 4.79 Å². The number of nitrogens with zero attached hydrogens (tertiary/aromatic N) is 2. The summed E-state index contributed by atoms with van der Waals surface area (Å²) in [5, 5.41) is 6.53. The summed E-state index contributed by atoms with van der Waals surface area (Å²) >= 11 is 0. The van der Waals surface area contributed by atoms with Gasteiger partial charge in [0.15, 0.2) is 0 Å². The van der Waals surface area contributed by atoms with E-state index in [1.807, 2.05) is 42.5 Å². The van der Waals surface area contributed by atoms with E-state index in [0.717, 1.165) is 31.0 Å². The van der Waals surface area contributed by atoms with Gasteiger partial charge in [0.1, 0.15) is 5.82 Å². The van der Waals surface area contributed by atoms with E-state index in [4.69, 9.17) is 0 Å². The minimum absolute atomic E-state index is 0.105. The molecule has 1 aromatic heterocycles. The molecule has 0 aliphatic carbocycles. The second-order valence-corrected chi connectivity index (χ2v) is 7.44. The summed E-state index contributed by atoms with van der Waals surface area (Å²) in [5.74, 6) is 0.801. The quantitative estimate of drug-likeness (QED) is 0.705. The highest BCUT2D eigenvalue weighted by Gasteiger charge is 2.21. The fourth-order valence-electron chi connectivity index (χ4n) is 3.56. The molecule has 1 aliphatic heterocycles. The van der Waals surface area contributed by atoms with Gasteiger partial charge < -0.3 is 15.5 Å². The first-order chi connectivity index (χ1) is 14.2. The zero-order chi connectivity index (χ0) is 20.1. The molecule has 3 aromatic rings. The highest BCUT2D eigenvalue weighted by Crippen LogP contribution is 2.21. The van der Waals surface area contributed by atoms with Gasteiger partial charge in [-0.25, -0.2) is 4.98 Å². The van der Waals surface area contributed by atoms with E-state index in [0.29, 0.717) is 12.1 Å². The first-order valence-corrected chi connectivity index (χ1v) is 10.0. The maximum atomic E-state index is 12.4. The molecular formula is C24H26N4O. The van der Waals surface area contributed by atoms with Crippen LogP contribution in [0.5, 0.6) is 0 Å². The van der Waals surface area contributed by atoms with E-state index in [9.17, 15) is 4.79 Å². The standard InChI is InChI=1S/C24H26N4O/c1-18-7-9-19(10-8-18)15-27-24(29)21-11-12-23(26-16-21)28-14-13-25-22(17-28)20-5-3-2-4-6-20/h2-12,16,22,25H,13-15,17H2,1H3,(H,27,29)/t22-/m0/s1. The molecule has 0 bridgehead atoms. The molecule has 1 saturated heterocycles. The Balaban J connectivity index is 1.37. The van der Waals surface area contributed by atoms with Gasteiger partial charge in [0.2, 0.25) is 0 Å². The summed E-state index contributed by atoms with van der Waals surface area (Å²) in [6.07, 6.45) is 1.67. The third-order valence-electron chi connectivity index (χ3n) is 5.29. The summed E-state index contributed by atoms with van der Waals surface area (Å²) in [6, 6.07) is 22.7. The van der Waals surface area contributed by atoms with Crippen molar-refractivity contribution in [3.63, 3.8) is 0 Å². The molecular weight excluding hydrogens is 360 g/mol. The summed E-state index contributed by atoms with van der Waals surface area (Å²) in [4.78, 5) is 19.3. The summed E-state index contributed by atoms with van der Waals surface area (Å²) in [5.41, 5.74) is 4.16. The maximum Gasteiger partial charge on any atom is 0.253 e. The normalized spacial score (nSPS) is 16.4. The van der Waals surface area contributed by atoms with E-state index < -0.39 is 0 Å². The number of aromatic nitrogens is 1. The lowest BCUT2D eigenvalue weighted by Crippen LogP contribution is -2.46. The van der Waals surface area contributed by atoms with Crippen molar-refractivity contribution in [1.82, 2.24) is 15.6 Å². The molecule has 29 heavy (non-hydrogen) atoms. The minimum atomic E-state index is -0.105. The number of nitrogens with one attached hydrogen (secondary N) is 2. The number of hydrogen-bond acceptors (Lipinski definition) is 4. The van der Waals surface area contributed by atoms with Crippen LogP contribution in [0.2, 0.25) is 0 Å². The van der Waals surface area contributed by atoms with Gasteiger partial charge in [-0.3, -0.25) is 4.79 Å². The zero-order valence-electron chi connectivity index (χ0n) is 16.6. The van der Waals surface area contributed by atoms with Crippen molar-refractivity contribution in [3.8, 4) is 0 Å². The predicted molar refractivity (Wildman–Crippen MR) is 116 cm³/mol. The van der Waals surface area contributed by atoms with Crippen LogP contribution in [0.3, 0.4) is 0 Å². The summed E-state index contributed by atoms with van der Waals surface area (Å²) in [7, 11) is 0. The number of piperazine rings is 1. The summed E-state index contributed by atoms with van der Waals surface area (Å²) < 4.78 is 0. The third-order valence-corrected chi connectivity index (χ3v) is 5.29. The third kappa shape index (κ3) is 4.81. The van der Waals surface area contributed by atoms with E-state index >= 15 is 0 Å². The van der Waals surface area contributed by atoms with Crippen LogP contribution in [0.1, 0.15) is 33.1 Å². The Morgan fingerprint density at radius 3 is 2.62 bits per heavy atom. The Morgan fingerprint density at radius 1 is 1.10 bits per heavy atom. The van der Waals surface area contributed by atoms with Crippen LogP contribution in [0.15, 0.2) is 72.9 Å². The van der Waals surface area contributed by atoms with Gasteiger partial charge in [0.05, 0.1) is 5.56 Å². The molecule has 2 heterocycles. The number of carbonyl (C=O) groups excluding carboxylic acids is 1. The lowest BCUT2D eigenvalue weighted by Gasteiger charge is -2.34. The Morgan fingerprint density at radius 2 is 1.90 bits per heavy atom. The molecule has 5 nitrogen and oxygen atoms in total. The van der Waals surface area contributed by atoms with Crippen LogP contribution < -0.4 is 15.5 Å². The van der Waals surface area contributed by atoms with Gasteiger partial charge in [0, 0.05) is 38.4 Å². The lowest BCUT2D eigenvalue weighted by atomic mass is 10.0. The highest BCUT2D eigenvalue weighted by atomic mass is 16.1. The first kappa shape index (κ1) is 19.2. The van der Waals surface area contributed by atoms with Crippen molar-refractivity contribution >= 4 is 11.7 Å². The van der Waals surface area contributed by atoms with E-state index in [-0.39, 0.29) is 11.9 Å². The number of pyridine rings is 1. The first-order valence-electron chi connectivity index (χ1n) is 10.0. The monoisotopic (exact) mass is 386 g/mol. The van der Waals surface area contributed by atoms with Gasteiger partial charge in [-0.15, -0.1) is 0 Å². The van der Waals surface area contributed by atoms with Crippen molar-refractivity contribution in [2.24, 2.45) is 0 Å². The predicted octanol–water partition coefficient (Wildman–Crippen LogP) is 3.47. The van der Waals surface area contributed by atoms with E-state index in [1.54, 1.807) is 6.20 Å². The molecule has 4 rings (SSSR count). The molecule has 5 heteroatoms. The molecule has 2 N–H and O–H groups in total. The molecule has 1 atom stereocenters. The smallest absolute Gasteiger partial charge is 0.253 e. The molecule has 1 amide bonds. The van der Waals surface area contributed by atoms with Crippen LogP contribution in [0, 0.1) is 6.92 Å². The van der Waals surface area contributed by atoms with Crippen molar-refractivity contribution in [2.75, 3.05) is 24.5 Å². The number of amides is 1. The van der Waals surface area contributed by atoms with Gasteiger partial charge in [0.25, 0.3) is 5.91 Å². The highest BCUT2D eigenvalue weighted by molar-refractivity contribution is 5.94. The zero-order valence-corrected chi connectivity index (χ0v) is 16.6. The Hall–Kier alpha value is -3.18. The van der Waals surface area contributed by atoms with Crippen molar-refractivity contribution in [2.45, 2.75) is 19.5 Å². The maximum absolute atomic E-state index is 12.4. The molecule has 148 valence electrons. The Bertz CT molecular complexity index is 939. The largest absolute Gasteiger partial charge is 0.353 e. The van der Waals surface area contributed by atoms with E-state index in [1.165, 1.54) is 11.1 Å². The molecule has 0 unspecified atom stereocenters. The molecule has 0 saturated carbocycles. The second-order valence-electron chi connectivity index (χ2n) is 7.44. The average Bonchev–Trinajstić information content (AvgIpc) is 2.79. The number of aryl methyl sites for hydroxylation is 1. The van der Waals surface area contributed by atoms with Crippen LogP contribution >= 0.6 is 0 Å². The van der Waals surface area contributed by atoms with Gasteiger partial charge in [-0.05, 0) is 30.2 Å². The van der Waals surface area contributed by atoms with E-state index in [2.05, 4.69) is 51.7 Å². The molecule has 2 aromatic carbocycles. The fraction of sp³-hybridized carbons (Fsp3) is 0.250. The fourth-order valence-corrected chi connectivity index (χ4v) is 3.56. The van der Waals surface area contributed by atoms with Crippen LogP contribution in [0.4, 0.5) is 5.82 Å². The molecule has 0 radical (unpaired) electrons. The molecule has 0 spiro atoms. The second kappa shape index (κ2) is 8.88. The number of carbonyl (C=O) groups is 1. The topological polar surface area (TPSA) is 57.3 Å². The number of rotatable bonds is 5. The molecule has 1 aliphatic rings. The van der Waals surface area contributed by atoms with Crippen LogP contribution in [-0.4, -0.2) is 30.5 Å². The van der Waals surface area contributed by atoms with Crippen molar-refractivity contribution in [3.05, 3.63) is 95.2 Å². The summed E-state index contributed by atoms with van der Waals surface area (Å²) in [6.45, 7) is 5.22.